The van der Waals surface area contributed by atoms with E-state index in [2.05, 4.69) is 0 Å². The molecule has 2 rings (SSSR count). The number of halogens is 9. The summed E-state index contributed by atoms with van der Waals surface area (Å²) >= 11 is 0. The van der Waals surface area contributed by atoms with Crippen molar-refractivity contribution >= 4 is 0 Å². The van der Waals surface area contributed by atoms with E-state index in [1.54, 1.807) is 0 Å². The number of benzene rings is 1. The Hall–Kier alpha value is -1.93. The standard InChI is InChI=1S/C12H2F9/c13-3-1-2-4(14)12(21,11(3)20)5-6(15)8(17)10(19)9(18)7(5)16/h1-2H. The molecule has 0 aromatic heterocycles. The molecule has 0 bridgehead atoms. The van der Waals surface area contributed by atoms with Crippen molar-refractivity contribution in [3.8, 4) is 0 Å². The monoisotopic (exact) mass is 317 g/mol. The van der Waals surface area contributed by atoms with Gasteiger partial charge in [0.05, 0.1) is 5.56 Å². The van der Waals surface area contributed by atoms with Crippen molar-refractivity contribution in [3.05, 3.63) is 64.6 Å². The summed E-state index contributed by atoms with van der Waals surface area (Å²) in [6.07, 6.45) is 0.0605. The quantitative estimate of drug-likeness (QED) is 0.398. The smallest absolute Gasteiger partial charge is 0.223 e. The molecule has 1 unspecified atom stereocenters. The third-order valence-corrected chi connectivity index (χ3v) is 2.77. The maximum absolute atomic E-state index is 14.3. The molecule has 0 saturated heterocycles. The molecular formula is C12H2F9. The lowest BCUT2D eigenvalue weighted by molar-refractivity contribution is 0.158. The van der Waals surface area contributed by atoms with Crippen molar-refractivity contribution in [1.29, 1.82) is 0 Å². The van der Waals surface area contributed by atoms with E-state index in [9.17, 15) is 39.5 Å². The van der Waals surface area contributed by atoms with Crippen molar-refractivity contribution in [2.75, 3.05) is 0 Å². The summed E-state index contributed by atoms with van der Waals surface area (Å²) in [5, 5.41) is 0. The molecule has 21 heavy (non-hydrogen) atoms. The molecule has 0 aliphatic heterocycles. The summed E-state index contributed by atoms with van der Waals surface area (Å²) in [6, 6.07) is 0. The highest BCUT2D eigenvalue weighted by Crippen LogP contribution is 2.49. The van der Waals surface area contributed by atoms with E-state index in [0.717, 1.165) is 0 Å². The fraction of sp³-hybridized carbons (Fsp3) is 0.0833. The summed E-state index contributed by atoms with van der Waals surface area (Å²) in [5.41, 5.74) is -7.05. The summed E-state index contributed by atoms with van der Waals surface area (Å²) < 4.78 is 120. The Bertz CT molecular complexity index is 659. The van der Waals surface area contributed by atoms with E-state index >= 15 is 0 Å². The second-order valence-electron chi connectivity index (χ2n) is 3.95. The number of allylic oxidation sites excluding steroid dienone is 4. The summed E-state index contributed by atoms with van der Waals surface area (Å²) in [6.45, 7) is 0. The zero-order valence-electron chi connectivity index (χ0n) is 9.56. The van der Waals surface area contributed by atoms with E-state index in [-0.39, 0.29) is 12.5 Å². The van der Waals surface area contributed by atoms with E-state index in [0.29, 0.717) is 0 Å². The molecule has 1 aliphatic rings. The van der Waals surface area contributed by atoms with Gasteiger partial charge < -0.3 is 0 Å². The van der Waals surface area contributed by atoms with Gasteiger partial charge in [-0.1, -0.05) is 0 Å². The molecule has 9 heteroatoms. The van der Waals surface area contributed by atoms with Gasteiger partial charge in [0.15, 0.2) is 29.1 Å². The SMILES string of the molecule is FC1=C[CH]C(F)=C(F)C1(F)c1c(F)c(F)c(F)c(F)c1F. The van der Waals surface area contributed by atoms with Crippen LogP contribution < -0.4 is 0 Å². The van der Waals surface area contributed by atoms with Gasteiger partial charge in [0.2, 0.25) is 11.5 Å². The average molecular weight is 317 g/mol. The number of rotatable bonds is 1. The molecular weight excluding hydrogens is 315 g/mol. The molecule has 0 saturated carbocycles. The van der Waals surface area contributed by atoms with Gasteiger partial charge in [0.1, 0.15) is 11.7 Å². The van der Waals surface area contributed by atoms with Crippen LogP contribution in [0, 0.1) is 35.5 Å². The van der Waals surface area contributed by atoms with Gasteiger partial charge in [0.25, 0.3) is 0 Å². The Balaban J connectivity index is 2.89. The molecule has 0 fully saturated rings. The fourth-order valence-corrected chi connectivity index (χ4v) is 1.74. The minimum atomic E-state index is -4.58. The Morgan fingerprint density at radius 1 is 0.667 bits per heavy atom. The summed E-state index contributed by atoms with van der Waals surface area (Å²) in [5.74, 6) is -20.5. The van der Waals surface area contributed by atoms with Gasteiger partial charge in [-0.25, -0.2) is 39.5 Å². The molecule has 0 amide bonds. The zero-order chi connectivity index (χ0) is 16.1. The minimum Gasteiger partial charge on any atom is -0.223 e. The van der Waals surface area contributed by atoms with Crippen molar-refractivity contribution in [2.45, 2.75) is 5.67 Å². The first kappa shape index (κ1) is 15.5. The third kappa shape index (κ3) is 1.94. The molecule has 0 nitrogen and oxygen atoms in total. The van der Waals surface area contributed by atoms with E-state index in [4.69, 9.17) is 0 Å². The lowest BCUT2D eigenvalue weighted by Gasteiger charge is -2.26. The summed E-state index contributed by atoms with van der Waals surface area (Å²) in [7, 11) is 0. The first-order valence-electron chi connectivity index (χ1n) is 5.11. The van der Waals surface area contributed by atoms with Crippen molar-refractivity contribution < 1.29 is 39.5 Å². The van der Waals surface area contributed by atoms with Crippen LogP contribution in [0.2, 0.25) is 0 Å². The fourth-order valence-electron chi connectivity index (χ4n) is 1.74. The van der Waals surface area contributed by atoms with Gasteiger partial charge >= 0.3 is 0 Å². The second kappa shape index (κ2) is 4.81. The molecule has 0 spiro atoms. The predicted molar refractivity (Wildman–Crippen MR) is 51.8 cm³/mol. The molecule has 1 aliphatic carbocycles. The van der Waals surface area contributed by atoms with Crippen molar-refractivity contribution in [1.82, 2.24) is 0 Å². The third-order valence-electron chi connectivity index (χ3n) is 2.77. The molecule has 1 radical (unpaired) electrons. The lowest BCUT2D eigenvalue weighted by atomic mass is 9.87. The lowest BCUT2D eigenvalue weighted by Crippen LogP contribution is -2.30. The maximum Gasteiger partial charge on any atom is 0.246 e. The average Bonchev–Trinajstić information content (AvgIpc) is 2.45. The van der Waals surface area contributed by atoms with Gasteiger partial charge in [-0.05, 0) is 6.08 Å². The van der Waals surface area contributed by atoms with Crippen LogP contribution in [0.25, 0.3) is 0 Å². The van der Waals surface area contributed by atoms with Crippen LogP contribution in [-0.2, 0) is 5.67 Å². The Kier molecular flexibility index (Phi) is 3.54. The zero-order valence-corrected chi connectivity index (χ0v) is 9.56. The normalized spacial score (nSPS) is 22.6. The maximum atomic E-state index is 14.3. The first-order valence-corrected chi connectivity index (χ1v) is 5.11. The topological polar surface area (TPSA) is 0 Å². The minimum absolute atomic E-state index is 0.0313. The van der Waals surface area contributed by atoms with E-state index < -0.39 is 57.8 Å². The number of hydrogen-bond donors (Lipinski definition) is 0. The molecule has 113 valence electrons. The largest absolute Gasteiger partial charge is 0.246 e. The summed E-state index contributed by atoms with van der Waals surface area (Å²) in [4.78, 5) is 0. The Labute approximate surface area is 111 Å². The van der Waals surface area contributed by atoms with Gasteiger partial charge in [-0.2, -0.15) is 0 Å². The highest BCUT2D eigenvalue weighted by Gasteiger charge is 2.52. The highest BCUT2D eigenvalue weighted by molar-refractivity contribution is 5.47. The molecule has 0 N–H and O–H groups in total. The highest BCUT2D eigenvalue weighted by atomic mass is 19.2. The predicted octanol–water partition coefficient (Wildman–Crippen LogP) is 4.77. The Morgan fingerprint density at radius 3 is 1.57 bits per heavy atom. The van der Waals surface area contributed by atoms with Crippen LogP contribution in [0.15, 0.2) is 23.6 Å². The van der Waals surface area contributed by atoms with Gasteiger partial charge in [0, 0.05) is 6.42 Å². The van der Waals surface area contributed by atoms with Crippen molar-refractivity contribution in [2.24, 2.45) is 0 Å². The van der Waals surface area contributed by atoms with E-state index in [1.807, 2.05) is 0 Å². The van der Waals surface area contributed by atoms with Crippen LogP contribution >= 0.6 is 0 Å². The van der Waals surface area contributed by atoms with Crippen LogP contribution in [0.1, 0.15) is 5.56 Å². The second-order valence-corrected chi connectivity index (χ2v) is 3.95. The number of alkyl halides is 1. The van der Waals surface area contributed by atoms with Gasteiger partial charge in [-0.15, -0.1) is 0 Å². The molecule has 1 aromatic carbocycles. The first-order chi connectivity index (χ1) is 9.63. The van der Waals surface area contributed by atoms with Crippen LogP contribution in [0.5, 0.6) is 0 Å². The molecule has 1 atom stereocenters. The van der Waals surface area contributed by atoms with Gasteiger partial charge in [-0.3, -0.25) is 0 Å². The van der Waals surface area contributed by atoms with Crippen LogP contribution in [-0.4, -0.2) is 0 Å². The molecule has 0 heterocycles. The van der Waals surface area contributed by atoms with Crippen LogP contribution in [0.3, 0.4) is 0 Å². The van der Waals surface area contributed by atoms with Crippen molar-refractivity contribution in [3.63, 3.8) is 0 Å². The molecule has 1 aromatic rings. The number of hydrogen-bond acceptors (Lipinski definition) is 0. The van der Waals surface area contributed by atoms with E-state index in [1.165, 1.54) is 0 Å². The Morgan fingerprint density at radius 2 is 1.10 bits per heavy atom. The van der Waals surface area contributed by atoms with Crippen LogP contribution in [0.4, 0.5) is 39.5 Å².